The summed E-state index contributed by atoms with van der Waals surface area (Å²) in [5, 5.41) is 10.1. The third kappa shape index (κ3) is 6.98. The number of furan rings is 1. The highest BCUT2D eigenvalue weighted by Crippen LogP contribution is 2.52. The number of aliphatic hydroxyl groups excluding tert-OH is 1. The van der Waals surface area contributed by atoms with Gasteiger partial charge in [-0.2, -0.15) is 43.9 Å². The molecule has 0 radical (unpaired) electrons. The lowest BCUT2D eigenvalue weighted by Crippen LogP contribution is -2.50. The van der Waals surface area contributed by atoms with Crippen molar-refractivity contribution < 1.29 is 63.0 Å². The van der Waals surface area contributed by atoms with Crippen LogP contribution in [0.2, 0.25) is 0 Å². The number of halogens is 10. The van der Waals surface area contributed by atoms with Crippen molar-refractivity contribution in [2.45, 2.75) is 30.3 Å². The first kappa shape index (κ1) is 31.5. The van der Waals surface area contributed by atoms with Gasteiger partial charge in [0.15, 0.2) is 11.9 Å². The highest BCUT2D eigenvalue weighted by atomic mass is 19.4. The fourth-order valence-electron chi connectivity index (χ4n) is 3.68. The van der Waals surface area contributed by atoms with Crippen LogP contribution in [0.1, 0.15) is 5.56 Å². The molecule has 1 aromatic heterocycles. The van der Waals surface area contributed by atoms with Gasteiger partial charge in [-0.15, -0.1) is 0 Å². The Hall–Kier alpha value is -4.40. The van der Waals surface area contributed by atoms with Gasteiger partial charge in [0.1, 0.15) is 17.3 Å². The molecule has 0 saturated heterocycles. The van der Waals surface area contributed by atoms with Crippen LogP contribution >= 0.6 is 0 Å². The largest absolute Gasteiger partial charge is 0.464 e. The van der Waals surface area contributed by atoms with Gasteiger partial charge in [0, 0.05) is 17.2 Å². The maximum Gasteiger partial charge on any atom is 0.460 e. The lowest BCUT2D eigenvalue weighted by molar-refractivity contribution is -0.359. The summed E-state index contributed by atoms with van der Waals surface area (Å²) in [5.41, 5.74) is -1.43. The Labute approximate surface area is 236 Å². The number of nitrogens with zero attached hydrogens (tertiary/aromatic N) is 1. The number of hydrogen-bond acceptors (Lipinski definition) is 5. The zero-order chi connectivity index (χ0) is 31.6. The second-order valence-corrected chi connectivity index (χ2v) is 8.99. The number of aliphatic hydroxyl groups is 1. The van der Waals surface area contributed by atoms with Gasteiger partial charge in [0.05, 0.1) is 18.5 Å². The summed E-state index contributed by atoms with van der Waals surface area (Å²) in [4.78, 5) is 5.22. The lowest BCUT2D eigenvalue weighted by Gasteiger charge is -2.30. The minimum atomic E-state index is -6.62. The highest BCUT2D eigenvalue weighted by molar-refractivity contribution is 5.60. The molecule has 1 heterocycles. The molecule has 0 unspecified atom stereocenters. The number of alkyl halides is 10. The van der Waals surface area contributed by atoms with Gasteiger partial charge in [0.2, 0.25) is 0 Å². The highest BCUT2D eigenvalue weighted by Gasteiger charge is 2.73. The molecule has 4 rings (SSSR count). The standard InChI is InChI=1S/C28H19F10NO4/c29-25(30,27(34,35)28(36,37)38)18-6-2-10-22(14-18)43-39(16-24(40)26(31,32)33)19-7-3-9-21(15-19)42-20-8-1-5-17(13-20)23-11-4-12-41-23/h1-15,24,40H,16H2/t24-/m0/s1. The van der Waals surface area contributed by atoms with E-state index in [1.807, 2.05) is 0 Å². The van der Waals surface area contributed by atoms with Gasteiger partial charge in [-0.05, 0) is 48.5 Å². The Morgan fingerprint density at radius 3 is 1.98 bits per heavy atom. The van der Waals surface area contributed by atoms with E-state index in [0.717, 1.165) is 12.1 Å². The number of rotatable bonds is 10. The van der Waals surface area contributed by atoms with Crippen molar-refractivity contribution in [1.29, 1.82) is 0 Å². The second kappa shape index (κ2) is 11.7. The summed E-state index contributed by atoms with van der Waals surface area (Å²) in [6.45, 7) is -1.36. The Morgan fingerprint density at radius 2 is 1.35 bits per heavy atom. The molecule has 0 fully saturated rings. The monoisotopic (exact) mass is 623 g/mol. The summed E-state index contributed by atoms with van der Waals surface area (Å²) >= 11 is 0. The quantitative estimate of drug-likeness (QED) is 0.141. The van der Waals surface area contributed by atoms with Crippen molar-refractivity contribution in [1.82, 2.24) is 0 Å². The van der Waals surface area contributed by atoms with Crippen molar-refractivity contribution in [3.63, 3.8) is 0 Å². The lowest BCUT2D eigenvalue weighted by atomic mass is 10.0. The van der Waals surface area contributed by atoms with E-state index in [4.69, 9.17) is 14.0 Å². The SMILES string of the molecule is O[C@@H](CN(Oc1cccc(C(F)(F)C(F)(F)C(F)(F)F)c1)c1cccc(Oc2cccc(-c3ccco3)c2)c1)C(F)(F)F. The van der Waals surface area contributed by atoms with Crippen molar-refractivity contribution in [3.05, 3.63) is 96.8 Å². The van der Waals surface area contributed by atoms with Crippen LogP contribution in [0.25, 0.3) is 11.3 Å². The van der Waals surface area contributed by atoms with E-state index in [1.54, 1.807) is 36.4 Å². The first-order chi connectivity index (χ1) is 20.0. The Morgan fingerprint density at radius 1 is 0.721 bits per heavy atom. The van der Waals surface area contributed by atoms with E-state index in [-0.39, 0.29) is 29.3 Å². The fraction of sp³-hybridized carbons (Fsp3) is 0.214. The molecular weight excluding hydrogens is 604 g/mol. The van der Waals surface area contributed by atoms with Crippen LogP contribution in [0.15, 0.2) is 95.6 Å². The van der Waals surface area contributed by atoms with Crippen LogP contribution in [-0.4, -0.2) is 36.0 Å². The topological polar surface area (TPSA) is 55.1 Å². The summed E-state index contributed by atoms with van der Waals surface area (Å²) in [6, 6.07) is 16.8. The molecule has 0 spiro atoms. The third-order valence-electron chi connectivity index (χ3n) is 5.86. The van der Waals surface area contributed by atoms with Crippen LogP contribution in [0.3, 0.4) is 0 Å². The van der Waals surface area contributed by atoms with E-state index >= 15 is 0 Å². The molecule has 0 aliphatic rings. The maximum absolute atomic E-state index is 14.3. The van der Waals surface area contributed by atoms with Crippen molar-refractivity contribution in [3.8, 4) is 28.6 Å². The molecule has 0 amide bonds. The minimum Gasteiger partial charge on any atom is -0.464 e. The fourth-order valence-corrected chi connectivity index (χ4v) is 3.68. The van der Waals surface area contributed by atoms with Crippen LogP contribution in [-0.2, 0) is 5.92 Å². The molecule has 3 aromatic carbocycles. The summed E-state index contributed by atoms with van der Waals surface area (Å²) in [6.07, 6.45) is -13.4. The van der Waals surface area contributed by atoms with Crippen LogP contribution in [0, 0.1) is 0 Å². The van der Waals surface area contributed by atoms with Gasteiger partial charge in [-0.25, -0.2) is 5.06 Å². The Kier molecular flexibility index (Phi) is 8.58. The van der Waals surface area contributed by atoms with Crippen LogP contribution in [0.5, 0.6) is 17.2 Å². The van der Waals surface area contributed by atoms with Crippen LogP contribution in [0.4, 0.5) is 49.6 Å². The van der Waals surface area contributed by atoms with Gasteiger partial charge in [-0.1, -0.05) is 30.3 Å². The predicted molar refractivity (Wildman–Crippen MR) is 132 cm³/mol. The molecule has 4 aromatic rings. The first-order valence-electron chi connectivity index (χ1n) is 12.0. The van der Waals surface area contributed by atoms with Crippen molar-refractivity contribution >= 4 is 5.69 Å². The molecular formula is C28H19F10NO4. The van der Waals surface area contributed by atoms with E-state index in [9.17, 15) is 49.0 Å². The summed E-state index contributed by atoms with van der Waals surface area (Å²) in [7, 11) is 0. The number of anilines is 1. The zero-order valence-electron chi connectivity index (χ0n) is 21.3. The summed E-state index contributed by atoms with van der Waals surface area (Å²) in [5.74, 6) is -12.3. The second-order valence-electron chi connectivity index (χ2n) is 8.99. The van der Waals surface area contributed by atoms with Crippen LogP contribution < -0.4 is 14.6 Å². The van der Waals surface area contributed by atoms with Crippen molar-refractivity contribution in [2.24, 2.45) is 0 Å². The molecule has 1 atom stereocenters. The molecule has 0 saturated carbocycles. The zero-order valence-corrected chi connectivity index (χ0v) is 21.3. The Balaban J connectivity index is 1.65. The normalized spacial score (nSPS) is 13.5. The molecule has 1 N–H and O–H groups in total. The smallest absolute Gasteiger partial charge is 0.460 e. The van der Waals surface area contributed by atoms with Gasteiger partial charge in [0.25, 0.3) is 0 Å². The van der Waals surface area contributed by atoms with Gasteiger partial charge < -0.3 is 19.1 Å². The average molecular weight is 623 g/mol. The van der Waals surface area contributed by atoms with E-state index in [1.165, 1.54) is 24.5 Å². The molecule has 43 heavy (non-hydrogen) atoms. The van der Waals surface area contributed by atoms with E-state index in [2.05, 4.69) is 0 Å². The molecule has 0 aliphatic heterocycles. The maximum atomic E-state index is 14.3. The predicted octanol–water partition coefficient (Wildman–Crippen LogP) is 8.75. The van der Waals surface area contributed by atoms with Gasteiger partial charge >= 0.3 is 24.2 Å². The molecule has 5 nitrogen and oxygen atoms in total. The van der Waals surface area contributed by atoms with Gasteiger partial charge in [-0.3, -0.25) is 0 Å². The number of hydroxylamine groups is 1. The summed E-state index contributed by atoms with van der Waals surface area (Å²) < 4.78 is 144. The van der Waals surface area contributed by atoms with E-state index in [0.29, 0.717) is 22.5 Å². The Bertz CT molecular complexity index is 1520. The number of hydrogen-bond donors (Lipinski definition) is 1. The van der Waals surface area contributed by atoms with E-state index < -0.39 is 48.2 Å². The third-order valence-corrected chi connectivity index (χ3v) is 5.86. The minimum absolute atomic E-state index is 0.0364. The number of benzene rings is 3. The number of ether oxygens (including phenoxy) is 1. The molecule has 230 valence electrons. The molecule has 15 heteroatoms. The molecule has 0 bridgehead atoms. The average Bonchev–Trinajstić information content (AvgIpc) is 3.47. The first-order valence-corrected chi connectivity index (χ1v) is 12.0. The molecule has 0 aliphatic carbocycles. The van der Waals surface area contributed by atoms with Crippen molar-refractivity contribution in [2.75, 3.05) is 11.6 Å².